The molecule has 0 aromatic rings. The van der Waals surface area contributed by atoms with E-state index >= 15 is 0 Å². The van der Waals surface area contributed by atoms with E-state index in [-0.39, 0.29) is 35.5 Å². The molecule has 1 fully saturated rings. The van der Waals surface area contributed by atoms with Gasteiger partial charge in [-0.05, 0) is 12.8 Å². The van der Waals surface area contributed by atoms with Gasteiger partial charge in [0, 0.05) is 29.6 Å². The zero-order chi connectivity index (χ0) is 5.28. The van der Waals surface area contributed by atoms with Gasteiger partial charge in [-0.2, -0.15) is 0 Å². The van der Waals surface area contributed by atoms with E-state index in [4.69, 9.17) is 5.11 Å². The fourth-order valence-electron chi connectivity index (χ4n) is 0.655. The van der Waals surface area contributed by atoms with Crippen molar-refractivity contribution < 1.29 is 9.90 Å². The molecule has 0 aliphatic heterocycles. The van der Waals surface area contributed by atoms with Crippen LogP contribution in [0.5, 0.6) is 0 Å². The fourth-order valence-corrected chi connectivity index (χ4v) is 0.655. The van der Waals surface area contributed by atoms with Crippen LogP contribution in [0.4, 0.5) is 0 Å². The van der Waals surface area contributed by atoms with Crippen molar-refractivity contribution in [3.63, 3.8) is 0 Å². The van der Waals surface area contributed by atoms with Gasteiger partial charge in [-0.1, -0.05) is 6.42 Å². The maximum atomic E-state index is 9.98. The Labute approximate surface area is 70.6 Å². The summed E-state index contributed by atoms with van der Waals surface area (Å²) in [7, 11) is 0. The van der Waals surface area contributed by atoms with Crippen LogP contribution < -0.4 is 0 Å². The molecule has 3 heteroatoms. The molecule has 0 aromatic heterocycles. The minimum atomic E-state index is -0.619. The van der Waals surface area contributed by atoms with Crippen LogP contribution in [0.2, 0.25) is 0 Å². The molecule has 0 atom stereocenters. The zero-order valence-corrected chi connectivity index (χ0v) is 7.05. The molecule has 0 unspecified atom stereocenters. The maximum Gasteiger partial charge on any atom is 0.306 e. The van der Waals surface area contributed by atoms with Gasteiger partial charge in [0.2, 0.25) is 0 Å². The molecule has 1 saturated carbocycles. The average Bonchev–Trinajstić information content (AvgIpc) is 1.23. The first-order chi connectivity index (χ1) is 3.30. The van der Waals surface area contributed by atoms with Crippen molar-refractivity contribution in [1.82, 2.24) is 0 Å². The predicted molar refractivity (Wildman–Crippen MR) is 30.7 cm³/mol. The minimum absolute atomic E-state index is 0. The molecule has 0 spiro atoms. The summed E-state index contributed by atoms with van der Waals surface area (Å²) in [6.07, 6.45) is 2.90. The average molecular weight is 123 g/mol. The maximum absolute atomic E-state index is 9.98. The van der Waals surface area contributed by atoms with Gasteiger partial charge in [0.1, 0.15) is 0 Å². The van der Waals surface area contributed by atoms with Crippen LogP contribution in [0, 0.1) is 5.92 Å². The molecule has 0 heterocycles. The largest absolute Gasteiger partial charge is 0.481 e. The normalized spacial score (nSPS) is 18.5. The minimum Gasteiger partial charge on any atom is -0.481 e. The predicted octanol–water partition coefficient (Wildman–Crippen LogP) is 0.490. The van der Waals surface area contributed by atoms with Gasteiger partial charge in [-0.15, -0.1) is 0 Å². The third-order valence-corrected chi connectivity index (χ3v) is 1.45. The first-order valence-corrected chi connectivity index (χ1v) is 2.53. The van der Waals surface area contributed by atoms with Gasteiger partial charge in [0.25, 0.3) is 0 Å². The van der Waals surface area contributed by atoms with Gasteiger partial charge in [-0.25, -0.2) is 0 Å². The Balaban J connectivity index is 0.000000490. The molecular weight excluding hydrogens is 115 g/mol. The summed E-state index contributed by atoms with van der Waals surface area (Å²) >= 11 is 0. The molecule has 1 radical (unpaired) electrons. The van der Waals surface area contributed by atoms with Gasteiger partial charge >= 0.3 is 5.97 Å². The number of aliphatic carboxylic acids is 1. The van der Waals surface area contributed by atoms with E-state index < -0.39 is 5.97 Å². The Morgan fingerprint density at radius 2 is 2.00 bits per heavy atom. The summed E-state index contributed by atoms with van der Waals surface area (Å²) in [5.41, 5.74) is 0. The quantitative estimate of drug-likeness (QED) is 0.515. The van der Waals surface area contributed by atoms with Crippen molar-refractivity contribution >= 4 is 35.5 Å². The molecule has 0 aromatic carbocycles. The molecule has 2 nitrogen and oxygen atoms in total. The summed E-state index contributed by atoms with van der Waals surface area (Å²) in [6.45, 7) is 0. The molecule has 1 rings (SSSR count). The number of carboxylic acids is 1. The molecule has 1 aliphatic carbocycles. The van der Waals surface area contributed by atoms with E-state index in [9.17, 15) is 4.79 Å². The van der Waals surface area contributed by atoms with Crippen LogP contribution >= 0.6 is 0 Å². The number of hydrogen-bond acceptors (Lipinski definition) is 1. The van der Waals surface area contributed by atoms with Gasteiger partial charge in [0.05, 0.1) is 5.92 Å². The second-order valence-electron chi connectivity index (χ2n) is 1.97. The monoisotopic (exact) mass is 123 g/mol. The zero-order valence-electron chi connectivity index (χ0n) is 5.05. The van der Waals surface area contributed by atoms with Crippen LogP contribution in [0.25, 0.3) is 0 Å². The smallest absolute Gasteiger partial charge is 0.306 e. The topological polar surface area (TPSA) is 37.3 Å². The third-order valence-electron chi connectivity index (χ3n) is 1.45. The summed E-state index contributed by atoms with van der Waals surface area (Å²) < 4.78 is 0. The molecule has 0 amide bonds. The van der Waals surface area contributed by atoms with Crippen molar-refractivity contribution in [1.29, 1.82) is 0 Å². The van der Waals surface area contributed by atoms with Crippen LogP contribution in [-0.4, -0.2) is 40.6 Å². The van der Waals surface area contributed by atoms with Gasteiger partial charge in [-0.3, -0.25) is 4.79 Å². The van der Waals surface area contributed by atoms with Crippen molar-refractivity contribution in [2.24, 2.45) is 5.92 Å². The number of rotatable bonds is 1. The Morgan fingerprint density at radius 1 is 1.50 bits per heavy atom. The van der Waals surface area contributed by atoms with E-state index in [1.165, 1.54) is 0 Å². The van der Waals surface area contributed by atoms with Crippen molar-refractivity contribution in [2.45, 2.75) is 19.3 Å². The molecule has 0 saturated heterocycles. The Hall–Kier alpha value is 0.470. The molecule has 8 heavy (non-hydrogen) atoms. The SMILES string of the molecule is O=C(O)C1CCC1.[Na]. The second kappa shape index (κ2) is 3.49. The molecule has 1 N–H and O–H groups in total. The molecule has 0 bridgehead atoms. The van der Waals surface area contributed by atoms with Gasteiger partial charge in [0.15, 0.2) is 0 Å². The van der Waals surface area contributed by atoms with Crippen molar-refractivity contribution in [2.75, 3.05) is 0 Å². The summed E-state index contributed by atoms with van der Waals surface area (Å²) in [4.78, 5) is 9.98. The van der Waals surface area contributed by atoms with E-state index in [1.54, 1.807) is 0 Å². The Kier molecular flexibility index (Phi) is 3.69. The Bertz CT molecular complexity index is 88.4. The van der Waals surface area contributed by atoms with E-state index in [0.29, 0.717) is 0 Å². The van der Waals surface area contributed by atoms with Crippen molar-refractivity contribution in [3.8, 4) is 0 Å². The van der Waals surface area contributed by atoms with Crippen LogP contribution in [-0.2, 0) is 4.79 Å². The first-order valence-electron chi connectivity index (χ1n) is 2.53. The molecule has 41 valence electrons. The Morgan fingerprint density at radius 3 is 2.00 bits per heavy atom. The third kappa shape index (κ3) is 1.77. The standard InChI is InChI=1S/C5H8O2.Na/c6-5(7)4-2-1-3-4;/h4H,1-3H2,(H,6,7);. The van der Waals surface area contributed by atoms with Crippen LogP contribution in [0.3, 0.4) is 0 Å². The first kappa shape index (κ1) is 8.47. The van der Waals surface area contributed by atoms with E-state index in [0.717, 1.165) is 19.3 Å². The summed E-state index contributed by atoms with van der Waals surface area (Å²) in [5.74, 6) is -0.619. The van der Waals surface area contributed by atoms with E-state index in [1.807, 2.05) is 0 Å². The number of carboxylic acid groups (broad SMARTS) is 1. The second-order valence-corrected chi connectivity index (χ2v) is 1.97. The van der Waals surface area contributed by atoms with E-state index in [2.05, 4.69) is 0 Å². The van der Waals surface area contributed by atoms with Crippen molar-refractivity contribution in [3.05, 3.63) is 0 Å². The fraction of sp³-hybridized carbons (Fsp3) is 0.800. The van der Waals surface area contributed by atoms with Crippen LogP contribution in [0.1, 0.15) is 19.3 Å². The number of hydrogen-bond donors (Lipinski definition) is 1. The number of carbonyl (C=O) groups is 1. The van der Waals surface area contributed by atoms with Gasteiger partial charge < -0.3 is 5.11 Å². The molecular formula is C5H8NaO2. The summed E-state index contributed by atoms with van der Waals surface area (Å²) in [5, 5.41) is 8.23. The molecule has 1 aliphatic rings. The summed E-state index contributed by atoms with van der Waals surface area (Å²) in [6, 6.07) is 0. The van der Waals surface area contributed by atoms with Crippen LogP contribution in [0.15, 0.2) is 0 Å².